The maximum atomic E-state index is 12.9. The SMILES string of the molecule is C[C@H]1NC(=O)[C@]2(C)CC[C@@H](c3ccc(C(=O)NCCO)cc3Cl)[C@H](c3ccc(Cl)cc3)[C@H]12. The van der Waals surface area contributed by atoms with Gasteiger partial charge in [-0.1, -0.05) is 48.3 Å². The summed E-state index contributed by atoms with van der Waals surface area (Å²) in [6.45, 7) is 4.23. The third-order valence-corrected chi connectivity index (χ3v) is 7.84. The lowest BCUT2D eigenvalue weighted by molar-refractivity contribution is -0.129. The zero-order chi connectivity index (χ0) is 23.0. The molecule has 5 atom stereocenters. The first-order valence-corrected chi connectivity index (χ1v) is 11.8. The van der Waals surface area contributed by atoms with Crippen LogP contribution < -0.4 is 10.6 Å². The van der Waals surface area contributed by atoms with Gasteiger partial charge in [0.05, 0.1) is 12.0 Å². The average molecular weight is 475 g/mol. The smallest absolute Gasteiger partial charge is 0.251 e. The van der Waals surface area contributed by atoms with Crippen LogP contribution in [0, 0.1) is 11.3 Å². The van der Waals surface area contributed by atoms with Crippen molar-refractivity contribution in [1.29, 1.82) is 0 Å². The number of hydrogen-bond acceptors (Lipinski definition) is 3. The highest BCUT2D eigenvalue weighted by molar-refractivity contribution is 6.32. The maximum Gasteiger partial charge on any atom is 0.251 e. The normalized spacial score (nSPS) is 29.3. The second kappa shape index (κ2) is 9.05. The van der Waals surface area contributed by atoms with Gasteiger partial charge in [-0.05, 0) is 67.0 Å². The van der Waals surface area contributed by atoms with E-state index in [1.807, 2.05) is 30.3 Å². The van der Waals surface area contributed by atoms with E-state index in [9.17, 15) is 9.59 Å². The van der Waals surface area contributed by atoms with E-state index in [0.717, 1.165) is 24.0 Å². The highest BCUT2D eigenvalue weighted by Crippen LogP contribution is 2.59. The van der Waals surface area contributed by atoms with Crippen LogP contribution in [-0.4, -0.2) is 36.1 Å². The molecule has 1 aliphatic carbocycles. The third kappa shape index (κ3) is 4.02. The second-order valence-electron chi connectivity index (χ2n) is 9.14. The van der Waals surface area contributed by atoms with Gasteiger partial charge >= 0.3 is 0 Å². The molecule has 4 rings (SSSR count). The average Bonchev–Trinajstić information content (AvgIpc) is 3.00. The maximum absolute atomic E-state index is 12.9. The zero-order valence-corrected chi connectivity index (χ0v) is 19.7. The Morgan fingerprint density at radius 2 is 1.94 bits per heavy atom. The number of hydrogen-bond donors (Lipinski definition) is 3. The largest absolute Gasteiger partial charge is 0.395 e. The first-order chi connectivity index (χ1) is 15.3. The summed E-state index contributed by atoms with van der Waals surface area (Å²) in [7, 11) is 0. The number of fused-ring (bicyclic) bond motifs is 1. The van der Waals surface area contributed by atoms with Crippen molar-refractivity contribution in [2.24, 2.45) is 11.3 Å². The lowest BCUT2D eigenvalue weighted by atomic mass is 9.56. The predicted octanol–water partition coefficient (Wildman–Crippen LogP) is 4.52. The van der Waals surface area contributed by atoms with E-state index in [2.05, 4.69) is 24.5 Å². The number of aliphatic hydroxyl groups excluding tert-OH is 1. The molecule has 2 aromatic carbocycles. The quantitative estimate of drug-likeness (QED) is 0.595. The molecular weight excluding hydrogens is 447 g/mol. The first kappa shape index (κ1) is 23.1. The molecule has 1 aliphatic heterocycles. The first-order valence-electron chi connectivity index (χ1n) is 11.0. The molecule has 32 heavy (non-hydrogen) atoms. The molecule has 0 unspecified atom stereocenters. The predicted molar refractivity (Wildman–Crippen MR) is 126 cm³/mol. The van der Waals surface area contributed by atoms with E-state index in [1.165, 1.54) is 0 Å². The molecule has 2 aromatic rings. The molecule has 5 nitrogen and oxygen atoms in total. The van der Waals surface area contributed by atoms with Gasteiger partial charge in [0.15, 0.2) is 0 Å². The van der Waals surface area contributed by atoms with Gasteiger partial charge < -0.3 is 15.7 Å². The van der Waals surface area contributed by atoms with Crippen LogP contribution in [0.3, 0.4) is 0 Å². The van der Waals surface area contributed by atoms with Crippen molar-refractivity contribution in [3.8, 4) is 0 Å². The number of rotatable bonds is 5. The van der Waals surface area contributed by atoms with Crippen LogP contribution in [0.15, 0.2) is 42.5 Å². The van der Waals surface area contributed by atoms with E-state index in [0.29, 0.717) is 15.6 Å². The second-order valence-corrected chi connectivity index (χ2v) is 9.99. The van der Waals surface area contributed by atoms with E-state index in [1.54, 1.807) is 12.1 Å². The van der Waals surface area contributed by atoms with Gasteiger partial charge in [-0.15, -0.1) is 0 Å². The summed E-state index contributed by atoms with van der Waals surface area (Å²) in [5.41, 5.74) is 2.15. The fourth-order valence-corrected chi connectivity index (χ4v) is 6.20. The van der Waals surface area contributed by atoms with Crippen LogP contribution in [0.4, 0.5) is 0 Å². The van der Waals surface area contributed by atoms with Gasteiger partial charge in [0, 0.05) is 34.1 Å². The molecule has 170 valence electrons. The van der Waals surface area contributed by atoms with Crippen LogP contribution in [0.2, 0.25) is 10.0 Å². The number of amides is 2. The van der Waals surface area contributed by atoms with Crippen molar-refractivity contribution in [3.63, 3.8) is 0 Å². The molecule has 0 aromatic heterocycles. The third-order valence-electron chi connectivity index (χ3n) is 7.26. The van der Waals surface area contributed by atoms with Crippen molar-refractivity contribution in [1.82, 2.24) is 10.6 Å². The summed E-state index contributed by atoms with van der Waals surface area (Å²) < 4.78 is 0. The molecular formula is C25H28Cl2N2O3. The molecule has 0 spiro atoms. The summed E-state index contributed by atoms with van der Waals surface area (Å²) in [6, 6.07) is 13.3. The van der Waals surface area contributed by atoms with Gasteiger partial charge in [-0.2, -0.15) is 0 Å². The Balaban J connectivity index is 1.75. The number of benzene rings is 2. The van der Waals surface area contributed by atoms with Gasteiger partial charge in [-0.3, -0.25) is 9.59 Å². The highest BCUT2D eigenvalue weighted by Gasteiger charge is 2.57. The lowest BCUT2D eigenvalue weighted by Crippen LogP contribution is -2.42. The number of nitrogens with one attached hydrogen (secondary N) is 2. The molecule has 0 radical (unpaired) electrons. The Labute approximate surface area is 198 Å². The summed E-state index contributed by atoms with van der Waals surface area (Å²) in [4.78, 5) is 25.2. The Bertz CT molecular complexity index is 1030. The zero-order valence-electron chi connectivity index (χ0n) is 18.2. The van der Waals surface area contributed by atoms with Gasteiger partial charge in [0.25, 0.3) is 5.91 Å². The molecule has 2 amide bonds. The van der Waals surface area contributed by atoms with Crippen LogP contribution in [-0.2, 0) is 4.79 Å². The lowest BCUT2D eigenvalue weighted by Gasteiger charge is -2.46. The monoisotopic (exact) mass is 474 g/mol. The van der Waals surface area contributed by atoms with Crippen LogP contribution >= 0.6 is 23.2 Å². The highest BCUT2D eigenvalue weighted by atomic mass is 35.5. The van der Waals surface area contributed by atoms with Crippen LogP contribution in [0.5, 0.6) is 0 Å². The number of halogens is 2. The Kier molecular flexibility index (Phi) is 6.53. The van der Waals surface area contributed by atoms with Crippen molar-refractivity contribution < 1.29 is 14.7 Å². The fraction of sp³-hybridized carbons (Fsp3) is 0.440. The number of carbonyl (C=O) groups is 2. The van der Waals surface area contributed by atoms with Gasteiger partial charge in [-0.25, -0.2) is 0 Å². The van der Waals surface area contributed by atoms with Crippen molar-refractivity contribution >= 4 is 35.0 Å². The van der Waals surface area contributed by atoms with Crippen LogP contribution in [0.25, 0.3) is 0 Å². The molecule has 3 N–H and O–H groups in total. The summed E-state index contributed by atoms with van der Waals surface area (Å²) in [5, 5.41) is 16.0. The van der Waals surface area contributed by atoms with E-state index in [-0.39, 0.29) is 48.8 Å². The topological polar surface area (TPSA) is 78.4 Å². The van der Waals surface area contributed by atoms with Crippen molar-refractivity contribution in [2.45, 2.75) is 44.6 Å². The Hall–Kier alpha value is -2.08. The van der Waals surface area contributed by atoms with Crippen LogP contribution in [0.1, 0.15) is 60.0 Å². The fourth-order valence-electron chi connectivity index (χ4n) is 5.75. The minimum atomic E-state index is -0.434. The molecule has 1 saturated carbocycles. The van der Waals surface area contributed by atoms with E-state index >= 15 is 0 Å². The summed E-state index contributed by atoms with van der Waals surface area (Å²) in [6.07, 6.45) is 1.59. The summed E-state index contributed by atoms with van der Waals surface area (Å²) >= 11 is 12.9. The van der Waals surface area contributed by atoms with Gasteiger partial charge in [0.2, 0.25) is 5.91 Å². The molecule has 1 heterocycles. The number of carbonyl (C=O) groups excluding carboxylic acids is 2. The minimum absolute atomic E-state index is 0.0401. The molecule has 0 bridgehead atoms. The van der Waals surface area contributed by atoms with Crippen molar-refractivity contribution in [3.05, 3.63) is 69.2 Å². The molecule has 2 aliphatic rings. The van der Waals surface area contributed by atoms with E-state index in [4.69, 9.17) is 28.3 Å². The Morgan fingerprint density at radius 3 is 2.59 bits per heavy atom. The van der Waals surface area contributed by atoms with E-state index < -0.39 is 5.41 Å². The Morgan fingerprint density at radius 1 is 1.22 bits per heavy atom. The number of aliphatic hydroxyl groups is 1. The molecule has 1 saturated heterocycles. The van der Waals surface area contributed by atoms with Crippen molar-refractivity contribution in [2.75, 3.05) is 13.2 Å². The summed E-state index contributed by atoms with van der Waals surface area (Å²) in [5.74, 6) is 0.142. The standard InChI is InChI=1S/C25H28Cl2N2O3/c1-14-22-21(15-3-6-17(26)7-4-15)19(9-10-25(22,2)24(32)29-14)18-8-5-16(13-20(18)27)23(31)28-11-12-30/h3-8,13-14,19,21-22,30H,9-12H2,1-2H3,(H,28,31)(H,29,32)/t14-,19+,21+,22+,25-/m1/s1. The molecule has 2 fully saturated rings. The van der Waals surface area contributed by atoms with Gasteiger partial charge in [0.1, 0.15) is 0 Å². The minimum Gasteiger partial charge on any atom is -0.395 e. The molecule has 7 heteroatoms.